The number of ketones is 1. The van der Waals surface area contributed by atoms with Crippen LogP contribution in [-0.2, 0) is 19.1 Å². The normalized spacial score (nSPS) is 39.2. The number of piperidine rings is 1. The van der Waals surface area contributed by atoms with Gasteiger partial charge in [0.25, 0.3) is 5.56 Å². The molecule has 4 aliphatic rings. The highest BCUT2D eigenvalue weighted by Crippen LogP contribution is 2.68. The van der Waals surface area contributed by atoms with Crippen molar-refractivity contribution in [2.75, 3.05) is 17.6 Å². The van der Waals surface area contributed by atoms with Gasteiger partial charge in [-0.2, -0.15) is 0 Å². The molecule has 1 aromatic rings. The second-order valence-electron chi connectivity index (χ2n) is 13.8. The summed E-state index contributed by atoms with van der Waals surface area (Å²) in [6, 6.07) is 0.886. The first-order valence-electron chi connectivity index (χ1n) is 15.7. The summed E-state index contributed by atoms with van der Waals surface area (Å²) in [7, 11) is 0. The van der Waals surface area contributed by atoms with Crippen LogP contribution in [0, 0.1) is 34.0 Å². The van der Waals surface area contributed by atoms with Crippen LogP contribution in [0.25, 0.3) is 0 Å². The van der Waals surface area contributed by atoms with E-state index in [1.165, 1.54) is 6.07 Å². The Hall–Kier alpha value is -2.50. The van der Waals surface area contributed by atoms with Gasteiger partial charge in [0.2, 0.25) is 5.91 Å². The summed E-state index contributed by atoms with van der Waals surface area (Å²) >= 11 is 1.02. The molecule has 3 saturated carbocycles. The van der Waals surface area contributed by atoms with Crippen LogP contribution in [0.1, 0.15) is 79.1 Å². The molecule has 9 atom stereocenters. The lowest BCUT2D eigenvalue weighted by Gasteiger charge is -2.61. The summed E-state index contributed by atoms with van der Waals surface area (Å²) in [5.74, 6) is -0.808. The summed E-state index contributed by atoms with van der Waals surface area (Å²) in [5, 5.41) is 17.8. The summed E-state index contributed by atoms with van der Waals surface area (Å²) in [4.78, 5) is 59.0. The van der Waals surface area contributed by atoms with Crippen molar-refractivity contribution in [2.45, 2.75) is 102 Å². The van der Waals surface area contributed by atoms with E-state index in [0.717, 1.165) is 56.8 Å². The number of amides is 1. The lowest BCUT2D eigenvalue weighted by atomic mass is 9.44. The zero-order valence-electron chi connectivity index (χ0n) is 25.7. The molecule has 1 amide bonds. The molecule has 3 aliphatic carbocycles. The number of ether oxygens (including phenoxy) is 1. The number of rotatable bonds is 7. The zero-order chi connectivity index (χ0) is 31.2. The molecule has 0 aromatic carbocycles. The maximum absolute atomic E-state index is 13.6. The summed E-state index contributed by atoms with van der Waals surface area (Å²) < 4.78 is 6.28. The molecule has 5 rings (SSSR count). The van der Waals surface area contributed by atoms with Gasteiger partial charge in [0, 0.05) is 29.2 Å². The van der Waals surface area contributed by atoms with Gasteiger partial charge in [-0.15, -0.1) is 6.58 Å². The van der Waals surface area contributed by atoms with Gasteiger partial charge in [-0.3, -0.25) is 19.2 Å². The van der Waals surface area contributed by atoms with Gasteiger partial charge in [0.1, 0.15) is 17.7 Å². The van der Waals surface area contributed by atoms with E-state index in [1.807, 2.05) is 6.92 Å². The van der Waals surface area contributed by atoms with E-state index in [1.54, 1.807) is 6.08 Å². The second-order valence-corrected chi connectivity index (χ2v) is 14.7. The first-order valence-corrected chi connectivity index (χ1v) is 16.6. The number of H-pyrrole nitrogens is 1. The molecule has 4 N–H and O–H groups in total. The van der Waals surface area contributed by atoms with Crippen molar-refractivity contribution < 1.29 is 24.2 Å². The maximum Gasteiger partial charge on any atom is 0.316 e. The first kappa shape index (κ1) is 31.9. The minimum atomic E-state index is -0.733. The van der Waals surface area contributed by atoms with E-state index in [4.69, 9.17) is 4.74 Å². The second kappa shape index (κ2) is 12.1. The van der Waals surface area contributed by atoms with Crippen molar-refractivity contribution in [3.05, 3.63) is 29.1 Å². The topological polar surface area (TPSA) is 150 Å². The summed E-state index contributed by atoms with van der Waals surface area (Å²) in [6.07, 6.45) is 6.45. The third-order valence-corrected chi connectivity index (χ3v) is 12.3. The number of aromatic nitrogens is 2. The molecule has 0 spiro atoms. The third-order valence-electron chi connectivity index (χ3n) is 11.5. The van der Waals surface area contributed by atoms with E-state index < -0.39 is 34.6 Å². The highest BCUT2D eigenvalue weighted by molar-refractivity contribution is 7.99. The van der Waals surface area contributed by atoms with E-state index in [0.29, 0.717) is 12.8 Å². The number of aromatic amines is 1. The smallest absolute Gasteiger partial charge is 0.316 e. The van der Waals surface area contributed by atoms with Crippen LogP contribution in [0.5, 0.6) is 0 Å². The van der Waals surface area contributed by atoms with Crippen LogP contribution in [0.4, 0.5) is 5.82 Å². The molecule has 1 aliphatic heterocycles. The largest absolute Gasteiger partial charge is 0.461 e. The molecule has 0 radical (unpaired) electrons. The molecule has 1 aromatic heterocycles. The molecule has 2 bridgehead atoms. The number of thioether (sulfide) groups is 1. The number of carbonyl (C=O) groups is 3. The standard InChI is InChI=1S/C32H46N4O6S/c1-6-30(4)16-22(31(5)18(2)10-12-32(19(3)27(30)40)13-11-21(37)26(31)32)42-25(39)17-43-29-35-23(15-24(38)36-29)34-28(41)20-9-7-8-14-33-20/h6,15,18-20,22,26-27,33,40H,1,7-14,16-17H2,2-5H3,(H2,34,35,36,38,41)/t18-,19+,20+,22-,26+,27+,30-,31+,32+/m1/s1. The van der Waals surface area contributed by atoms with Gasteiger partial charge >= 0.3 is 5.97 Å². The number of nitrogens with one attached hydrogen (secondary N) is 3. The van der Waals surface area contributed by atoms with Gasteiger partial charge in [0.05, 0.1) is 17.9 Å². The van der Waals surface area contributed by atoms with Crippen LogP contribution in [0.3, 0.4) is 0 Å². The first-order chi connectivity index (χ1) is 20.3. The predicted molar refractivity (Wildman–Crippen MR) is 164 cm³/mol. The number of anilines is 1. The van der Waals surface area contributed by atoms with Crippen LogP contribution < -0.4 is 16.2 Å². The SMILES string of the molecule is C=C[C@]1(C)C[C@@H](OC(=O)CSc2nc(NC(=O)[C@@H]3CCCCN3)cc(=O)[nH]2)[C@]2(C)[C@H](C)CC[C@]3(CCC(=O)[C@H]32)[C@@H](C)[C@@H]1O. The molecule has 4 fully saturated rings. The Bertz CT molecular complexity index is 1330. The van der Waals surface area contributed by atoms with Crippen LogP contribution >= 0.6 is 11.8 Å². The highest BCUT2D eigenvalue weighted by Gasteiger charge is 2.68. The van der Waals surface area contributed by atoms with Gasteiger partial charge in [-0.25, -0.2) is 4.98 Å². The van der Waals surface area contributed by atoms with E-state index in [9.17, 15) is 24.3 Å². The van der Waals surface area contributed by atoms with Gasteiger partial charge in [0.15, 0.2) is 5.16 Å². The predicted octanol–water partition coefficient (Wildman–Crippen LogP) is 3.85. The lowest BCUT2D eigenvalue weighted by Crippen LogP contribution is -2.63. The molecule has 43 heavy (non-hydrogen) atoms. The Kier molecular flexibility index (Phi) is 9.00. The van der Waals surface area contributed by atoms with Crippen molar-refractivity contribution in [2.24, 2.45) is 34.0 Å². The summed E-state index contributed by atoms with van der Waals surface area (Å²) in [5.41, 5.74) is -2.11. The lowest BCUT2D eigenvalue weighted by molar-refractivity contribution is -0.205. The molecule has 10 nitrogen and oxygen atoms in total. The Morgan fingerprint density at radius 1 is 1.23 bits per heavy atom. The average molecular weight is 615 g/mol. The number of aliphatic hydroxyl groups excluding tert-OH is 1. The van der Waals surface area contributed by atoms with E-state index in [-0.39, 0.29) is 57.6 Å². The molecule has 236 valence electrons. The molecule has 1 saturated heterocycles. The molecule has 2 heterocycles. The maximum atomic E-state index is 13.6. The van der Waals surface area contributed by atoms with E-state index >= 15 is 0 Å². The van der Waals surface area contributed by atoms with Crippen molar-refractivity contribution in [3.63, 3.8) is 0 Å². The quantitative estimate of drug-likeness (QED) is 0.155. The number of nitrogens with zero attached hydrogens (tertiary/aromatic N) is 1. The van der Waals surface area contributed by atoms with E-state index in [2.05, 4.69) is 48.0 Å². The monoisotopic (exact) mass is 614 g/mol. The Balaban J connectivity index is 1.35. The highest BCUT2D eigenvalue weighted by atomic mass is 32.2. The number of aliphatic hydroxyl groups is 1. The minimum Gasteiger partial charge on any atom is -0.461 e. The third kappa shape index (κ3) is 5.73. The number of hydrogen-bond donors (Lipinski definition) is 4. The molecule has 11 heteroatoms. The van der Waals surface area contributed by atoms with Crippen molar-refractivity contribution in [1.82, 2.24) is 15.3 Å². The molecular formula is C32H46N4O6S. The average Bonchev–Trinajstić information content (AvgIpc) is 3.34. The van der Waals surface area contributed by atoms with Crippen molar-refractivity contribution in [1.29, 1.82) is 0 Å². The van der Waals surface area contributed by atoms with Gasteiger partial charge in [-0.1, -0.05) is 52.0 Å². The molecule has 0 unspecified atom stereocenters. The van der Waals surface area contributed by atoms with Crippen LogP contribution in [-0.4, -0.2) is 63.3 Å². The van der Waals surface area contributed by atoms with Crippen molar-refractivity contribution >= 4 is 35.2 Å². The minimum absolute atomic E-state index is 0.101. The molecular weight excluding hydrogens is 568 g/mol. The number of Topliss-reactive ketones (excluding diaryl/α,β-unsaturated/α-hetero) is 1. The summed E-state index contributed by atoms with van der Waals surface area (Å²) in [6.45, 7) is 13.1. The fourth-order valence-electron chi connectivity index (χ4n) is 8.68. The number of esters is 1. The Labute approximate surface area is 257 Å². The Morgan fingerprint density at radius 2 is 2.00 bits per heavy atom. The zero-order valence-corrected chi connectivity index (χ0v) is 26.6. The fourth-order valence-corrected chi connectivity index (χ4v) is 9.34. The number of carbonyl (C=O) groups excluding carboxylic acids is 3. The number of hydrogen-bond acceptors (Lipinski definition) is 9. The fraction of sp³-hybridized carbons (Fsp3) is 0.719. The van der Waals surface area contributed by atoms with Crippen LogP contribution in [0.2, 0.25) is 0 Å². The Morgan fingerprint density at radius 3 is 2.70 bits per heavy atom. The van der Waals surface area contributed by atoms with Gasteiger partial charge in [-0.05, 0) is 62.3 Å². The van der Waals surface area contributed by atoms with Crippen molar-refractivity contribution in [3.8, 4) is 0 Å². The van der Waals surface area contributed by atoms with Crippen LogP contribution in [0.15, 0.2) is 28.7 Å². The van der Waals surface area contributed by atoms with Gasteiger partial charge < -0.3 is 25.5 Å².